The van der Waals surface area contributed by atoms with Gasteiger partial charge in [-0.2, -0.15) is 0 Å². The van der Waals surface area contributed by atoms with E-state index in [-0.39, 0.29) is 5.54 Å². The van der Waals surface area contributed by atoms with Crippen LogP contribution in [-0.4, -0.2) is 5.54 Å². The molecule has 0 saturated heterocycles. The minimum Gasteiger partial charge on any atom is -0.325 e. The molecule has 19 heavy (non-hydrogen) atoms. The van der Waals surface area contributed by atoms with Gasteiger partial charge in [0.25, 0.3) is 0 Å². The van der Waals surface area contributed by atoms with Crippen LogP contribution in [0.5, 0.6) is 0 Å². The van der Waals surface area contributed by atoms with E-state index in [0.717, 1.165) is 29.6 Å². The third-order valence-corrected chi connectivity index (χ3v) is 6.90. The third-order valence-electron chi connectivity index (χ3n) is 6.90. The van der Waals surface area contributed by atoms with Crippen molar-refractivity contribution in [3.8, 4) is 0 Å². The fourth-order valence-corrected chi connectivity index (χ4v) is 6.03. The first-order valence-corrected chi connectivity index (χ1v) is 8.96. The molecule has 0 aliphatic heterocycles. The summed E-state index contributed by atoms with van der Waals surface area (Å²) >= 11 is 0. The van der Waals surface area contributed by atoms with Crippen molar-refractivity contribution in [2.75, 3.05) is 0 Å². The first-order chi connectivity index (χ1) is 9.18. The zero-order valence-electron chi connectivity index (χ0n) is 13.0. The Morgan fingerprint density at radius 2 is 2.00 bits per heavy atom. The molecule has 6 atom stereocenters. The number of hydrogen-bond donors (Lipinski definition) is 1. The van der Waals surface area contributed by atoms with Crippen molar-refractivity contribution in [2.45, 2.75) is 83.6 Å². The van der Waals surface area contributed by atoms with Gasteiger partial charge in [-0.15, -0.1) is 0 Å². The van der Waals surface area contributed by atoms with Crippen molar-refractivity contribution >= 4 is 0 Å². The summed E-state index contributed by atoms with van der Waals surface area (Å²) in [7, 11) is 0. The minimum atomic E-state index is 0.227. The summed E-state index contributed by atoms with van der Waals surface area (Å²) in [5, 5.41) is 0. The molecule has 2 bridgehead atoms. The SMILES string of the molecule is CCCCC(CC)CC1(N)CC2CC1C1CCCC21. The molecule has 110 valence electrons. The van der Waals surface area contributed by atoms with Crippen LogP contribution in [0.3, 0.4) is 0 Å². The van der Waals surface area contributed by atoms with Crippen LogP contribution in [0.25, 0.3) is 0 Å². The second-order valence-corrected chi connectivity index (χ2v) is 7.92. The van der Waals surface area contributed by atoms with Crippen LogP contribution in [0.15, 0.2) is 0 Å². The number of unbranched alkanes of at least 4 members (excludes halogenated alkanes) is 1. The molecule has 1 nitrogen and oxygen atoms in total. The molecule has 0 amide bonds. The van der Waals surface area contributed by atoms with E-state index < -0.39 is 0 Å². The van der Waals surface area contributed by atoms with E-state index in [1.54, 1.807) is 0 Å². The Morgan fingerprint density at radius 3 is 2.74 bits per heavy atom. The monoisotopic (exact) mass is 263 g/mol. The average Bonchev–Trinajstić information content (AvgIpc) is 3.05. The molecule has 0 spiro atoms. The van der Waals surface area contributed by atoms with Gasteiger partial charge in [-0.3, -0.25) is 0 Å². The van der Waals surface area contributed by atoms with Crippen LogP contribution in [0.4, 0.5) is 0 Å². The second kappa shape index (κ2) is 5.39. The summed E-state index contributed by atoms with van der Waals surface area (Å²) in [6.07, 6.45) is 14.2. The normalized spacial score (nSPS) is 45.6. The summed E-state index contributed by atoms with van der Waals surface area (Å²) in [5.41, 5.74) is 7.18. The van der Waals surface area contributed by atoms with Crippen molar-refractivity contribution < 1.29 is 0 Å². The van der Waals surface area contributed by atoms with Gasteiger partial charge in [-0.1, -0.05) is 46.0 Å². The predicted molar refractivity (Wildman–Crippen MR) is 81.9 cm³/mol. The summed E-state index contributed by atoms with van der Waals surface area (Å²) in [6.45, 7) is 4.68. The standard InChI is InChI=1S/C18H33N/c1-3-5-7-13(4-2)11-18(19)12-14-10-17(18)16-9-6-8-15(14)16/h13-17H,3-12,19H2,1-2H3. The first kappa shape index (κ1) is 13.9. The molecule has 0 aromatic carbocycles. The molecule has 1 heteroatoms. The van der Waals surface area contributed by atoms with Crippen LogP contribution >= 0.6 is 0 Å². The predicted octanol–water partition coefficient (Wildman–Crippen LogP) is 4.75. The van der Waals surface area contributed by atoms with Crippen LogP contribution in [0.2, 0.25) is 0 Å². The summed E-state index contributed by atoms with van der Waals surface area (Å²) in [5.74, 6) is 4.89. The topological polar surface area (TPSA) is 26.0 Å². The quantitative estimate of drug-likeness (QED) is 0.735. The number of rotatable bonds is 6. The Labute approximate surface area is 119 Å². The molecule has 3 aliphatic carbocycles. The lowest BCUT2D eigenvalue weighted by molar-refractivity contribution is 0.127. The van der Waals surface area contributed by atoms with Crippen LogP contribution in [0, 0.1) is 29.6 Å². The molecule has 0 heterocycles. The van der Waals surface area contributed by atoms with E-state index >= 15 is 0 Å². The van der Waals surface area contributed by atoms with Gasteiger partial charge >= 0.3 is 0 Å². The lowest BCUT2D eigenvalue weighted by Gasteiger charge is -2.42. The third kappa shape index (κ3) is 2.37. The average molecular weight is 263 g/mol. The molecule has 2 N–H and O–H groups in total. The Balaban J connectivity index is 1.64. The molecule has 3 fully saturated rings. The highest BCUT2D eigenvalue weighted by Gasteiger charge is 2.59. The van der Waals surface area contributed by atoms with Crippen molar-refractivity contribution in [3.05, 3.63) is 0 Å². The van der Waals surface area contributed by atoms with Crippen LogP contribution in [-0.2, 0) is 0 Å². The maximum atomic E-state index is 6.95. The minimum absolute atomic E-state index is 0.227. The number of hydrogen-bond acceptors (Lipinski definition) is 1. The van der Waals surface area contributed by atoms with Gasteiger partial charge in [-0.25, -0.2) is 0 Å². The van der Waals surface area contributed by atoms with E-state index in [2.05, 4.69) is 13.8 Å². The highest BCUT2D eigenvalue weighted by atomic mass is 14.8. The molecule has 3 saturated carbocycles. The summed E-state index contributed by atoms with van der Waals surface area (Å²) < 4.78 is 0. The molecular weight excluding hydrogens is 230 g/mol. The highest BCUT2D eigenvalue weighted by Crippen LogP contribution is 2.62. The Bertz CT molecular complexity index is 313. The van der Waals surface area contributed by atoms with E-state index in [1.165, 1.54) is 64.2 Å². The number of fused-ring (bicyclic) bond motifs is 5. The van der Waals surface area contributed by atoms with Gasteiger partial charge < -0.3 is 5.73 Å². The Morgan fingerprint density at radius 1 is 1.21 bits per heavy atom. The van der Waals surface area contributed by atoms with Crippen molar-refractivity contribution in [1.29, 1.82) is 0 Å². The molecule has 3 rings (SSSR count). The highest BCUT2D eigenvalue weighted by molar-refractivity contribution is 5.12. The van der Waals surface area contributed by atoms with Gasteiger partial charge in [0.1, 0.15) is 0 Å². The van der Waals surface area contributed by atoms with E-state index in [0.29, 0.717) is 0 Å². The lowest BCUT2D eigenvalue weighted by atomic mass is 9.67. The lowest BCUT2D eigenvalue weighted by Crippen LogP contribution is -2.50. The molecular formula is C18H33N. The Hall–Kier alpha value is -0.0400. The zero-order valence-corrected chi connectivity index (χ0v) is 13.0. The molecule has 6 unspecified atom stereocenters. The van der Waals surface area contributed by atoms with E-state index in [9.17, 15) is 0 Å². The van der Waals surface area contributed by atoms with Crippen molar-refractivity contribution in [1.82, 2.24) is 0 Å². The molecule has 0 radical (unpaired) electrons. The van der Waals surface area contributed by atoms with Crippen LogP contribution < -0.4 is 5.73 Å². The zero-order chi connectivity index (χ0) is 13.5. The molecule has 3 aliphatic rings. The summed E-state index contributed by atoms with van der Waals surface area (Å²) in [6, 6.07) is 0. The second-order valence-electron chi connectivity index (χ2n) is 7.92. The maximum absolute atomic E-state index is 6.95. The van der Waals surface area contributed by atoms with Crippen molar-refractivity contribution in [3.63, 3.8) is 0 Å². The van der Waals surface area contributed by atoms with E-state index in [1.807, 2.05) is 0 Å². The Kier molecular flexibility index (Phi) is 3.95. The maximum Gasteiger partial charge on any atom is 0.0191 e. The van der Waals surface area contributed by atoms with Gasteiger partial charge in [0.05, 0.1) is 0 Å². The smallest absolute Gasteiger partial charge is 0.0191 e. The first-order valence-electron chi connectivity index (χ1n) is 8.96. The van der Waals surface area contributed by atoms with Gasteiger partial charge in [0.15, 0.2) is 0 Å². The van der Waals surface area contributed by atoms with Gasteiger partial charge in [0, 0.05) is 5.54 Å². The largest absolute Gasteiger partial charge is 0.325 e. The summed E-state index contributed by atoms with van der Waals surface area (Å²) in [4.78, 5) is 0. The van der Waals surface area contributed by atoms with E-state index in [4.69, 9.17) is 5.73 Å². The molecule has 0 aromatic rings. The fraction of sp³-hybridized carbons (Fsp3) is 1.00. The fourth-order valence-electron chi connectivity index (χ4n) is 6.03. The number of nitrogens with two attached hydrogens (primary N) is 1. The molecule has 0 aromatic heterocycles. The van der Waals surface area contributed by atoms with Gasteiger partial charge in [-0.05, 0) is 61.7 Å². The van der Waals surface area contributed by atoms with Gasteiger partial charge in [0.2, 0.25) is 0 Å². The van der Waals surface area contributed by atoms with Crippen molar-refractivity contribution in [2.24, 2.45) is 35.3 Å². The van der Waals surface area contributed by atoms with Crippen LogP contribution in [0.1, 0.15) is 78.1 Å².